The van der Waals surface area contributed by atoms with E-state index >= 15 is 0 Å². The van der Waals surface area contributed by atoms with E-state index in [2.05, 4.69) is 17.2 Å². The van der Waals surface area contributed by atoms with Crippen molar-refractivity contribution in [3.8, 4) is 5.69 Å². The van der Waals surface area contributed by atoms with Gasteiger partial charge in [-0.2, -0.15) is 4.68 Å². The van der Waals surface area contributed by atoms with Gasteiger partial charge in [-0.25, -0.2) is 0 Å². The van der Waals surface area contributed by atoms with E-state index in [4.69, 9.17) is 0 Å². The van der Waals surface area contributed by atoms with Gasteiger partial charge in [0.2, 0.25) is 0 Å². The first-order chi connectivity index (χ1) is 9.31. The predicted molar refractivity (Wildman–Crippen MR) is 74.5 cm³/mol. The minimum absolute atomic E-state index is 0.133. The van der Waals surface area contributed by atoms with Gasteiger partial charge in [-0.3, -0.25) is 4.79 Å². The van der Waals surface area contributed by atoms with Crippen LogP contribution in [0.25, 0.3) is 16.6 Å². The fraction of sp³-hybridized carbons (Fsp3) is 0.133. The number of hydrogen-bond acceptors (Lipinski definition) is 3. The fourth-order valence-electron chi connectivity index (χ4n) is 2.16. The Kier molecular flexibility index (Phi) is 2.83. The molecule has 0 amide bonds. The number of benzene rings is 2. The van der Waals surface area contributed by atoms with Gasteiger partial charge in [0, 0.05) is 0 Å². The number of hydrogen-bond donors (Lipinski definition) is 0. The lowest BCUT2D eigenvalue weighted by atomic mass is 10.1. The van der Waals surface area contributed by atoms with Crippen LogP contribution in [0.4, 0.5) is 0 Å². The molecule has 1 heterocycles. The zero-order valence-corrected chi connectivity index (χ0v) is 10.6. The van der Waals surface area contributed by atoms with Crippen molar-refractivity contribution in [3.05, 3.63) is 64.4 Å². The minimum atomic E-state index is -0.133. The normalized spacial score (nSPS) is 10.8. The molecule has 0 bridgehead atoms. The summed E-state index contributed by atoms with van der Waals surface area (Å²) in [7, 11) is 0. The minimum Gasteiger partial charge on any atom is -0.267 e. The second-order valence-electron chi connectivity index (χ2n) is 4.31. The molecule has 0 N–H and O–H groups in total. The highest BCUT2D eigenvalue weighted by Gasteiger charge is 2.09. The third-order valence-corrected chi connectivity index (χ3v) is 3.17. The second kappa shape index (κ2) is 4.65. The number of nitrogens with zero attached hydrogens (tertiary/aromatic N) is 3. The van der Waals surface area contributed by atoms with Crippen molar-refractivity contribution in [3.63, 3.8) is 0 Å². The average molecular weight is 251 g/mol. The first-order valence-electron chi connectivity index (χ1n) is 6.24. The molecular formula is C15H13N3O. The van der Waals surface area contributed by atoms with Crippen molar-refractivity contribution in [1.29, 1.82) is 0 Å². The van der Waals surface area contributed by atoms with E-state index in [1.165, 1.54) is 4.68 Å². The van der Waals surface area contributed by atoms with Crippen molar-refractivity contribution < 1.29 is 0 Å². The number of aromatic nitrogens is 3. The van der Waals surface area contributed by atoms with Crippen molar-refractivity contribution in [1.82, 2.24) is 15.0 Å². The molecular weight excluding hydrogens is 238 g/mol. The molecule has 94 valence electrons. The monoisotopic (exact) mass is 251 g/mol. The van der Waals surface area contributed by atoms with E-state index < -0.39 is 0 Å². The maximum Gasteiger partial charge on any atom is 0.282 e. The van der Waals surface area contributed by atoms with Crippen LogP contribution in [0.5, 0.6) is 0 Å². The topological polar surface area (TPSA) is 47.8 Å². The average Bonchev–Trinajstić information content (AvgIpc) is 2.48. The molecule has 0 unspecified atom stereocenters. The molecule has 0 aliphatic carbocycles. The largest absolute Gasteiger partial charge is 0.282 e. The van der Waals surface area contributed by atoms with Gasteiger partial charge in [0.1, 0.15) is 5.52 Å². The third-order valence-electron chi connectivity index (χ3n) is 3.17. The van der Waals surface area contributed by atoms with Crippen LogP contribution in [0.2, 0.25) is 0 Å². The standard InChI is InChI=1S/C15H13N3O/c1-2-11-7-3-6-10-14(11)18-15(19)12-8-4-5-9-13(12)16-17-18/h3-10H,2H2,1H3. The maximum atomic E-state index is 12.5. The van der Waals surface area contributed by atoms with Crippen LogP contribution in [-0.2, 0) is 6.42 Å². The van der Waals surface area contributed by atoms with Gasteiger partial charge in [0.15, 0.2) is 0 Å². The molecule has 4 nitrogen and oxygen atoms in total. The molecule has 1 aromatic heterocycles. The Morgan fingerprint density at radius 3 is 2.63 bits per heavy atom. The second-order valence-corrected chi connectivity index (χ2v) is 4.31. The summed E-state index contributed by atoms with van der Waals surface area (Å²) in [5.74, 6) is 0. The number of fused-ring (bicyclic) bond motifs is 1. The van der Waals surface area contributed by atoms with E-state index in [9.17, 15) is 4.79 Å². The van der Waals surface area contributed by atoms with Gasteiger partial charge >= 0.3 is 0 Å². The highest BCUT2D eigenvalue weighted by Crippen LogP contribution is 2.13. The Labute approximate surface area is 110 Å². The fourth-order valence-corrected chi connectivity index (χ4v) is 2.16. The van der Waals surface area contributed by atoms with Crippen LogP contribution >= 0.6 is 0 Å². The summed E-state index contributed by atoms with van der Waals surface area (Å²) in [4.78, 5) is 12.5. The first-order valence-corrected chi connectivity index (χ1v) is 6.24. The zero-order chi connectivity index (χ0) is 13.2. The molecule has 3 aromatic rings. The molecule has 0 aliphatic heterocycles. The summed E-state index contributed by atoms with van der Waals surface area (Å²) >= 11 is 0. The van der Waals surface area contributed by atoms with Crippen molar-refractivity contribution >= 4 is 10.9 Å². The van der Waals surface area contributed by atoms with Crippen molar-refractivity contribution in [2.75, 3.05) is 0 Å². The summed E-state index contributed by atoms with van der Waals surface area (Å²) < 4.78 is 1.38. The Balaban J connectivity index is 2.32. The SMILES string of the molecule is CCc1ccccc1-n1nnc2ccccc2c1=O. The quantitative estimate of drug-likeness (QED) is 0.702. The summed E-state index contributed by atoms with van der Waals surface area (Å²) in [5, 5.41) is 8.73. The molecule has 0 fully saturated rings. The third kappa shape index (κ3) is 1.91. The van der Waals surface area contributed by atoms with Gasteiger partial charge in [-0.15, -0.1) is 5.10 Å². The molecule has 0 spiro atoms. The Morgan fingerprint density at radius 2 is 1.79 bits per heavy atom. The molecule has 4 heteroatoms. The van der Waals surface area contributed by atoms with Crippen LogP contribution < -0.4 is 5.56 Å². The van der Waals surface area contributed by atoms with Crippen LogP contribution in [-0.4, -0.2) is 15.0 Å². The highest BCUT2D eigenvalue weighted by molar-refractivity contribution is 5.76. The van der Waals surface area contributed by atoms with Crippen molar-refractivity contribution in [2.24, 2.45) is 0 Å². The molecule has 0 saturated carbocycles. The number of para-hydroxylation sites is 1. The van der Waals surface area contributed by atoms with E-state index in [1.807, 2.05) is 36.4 Å². The van der Waals surface area contributed by atoms with E-state index in [-0.39, 0.29) is 5.56 Å². The van der Waals surface area contributed by atoms with Crippen molar-refractivity contribution in [2.45, 2.75) is 13.3 Å². The van der Waals surface area contributed by atoms with Gasteiger partial charge < -0.3 is 0 Å². The lowest BCUT2D eigenvalue weighted by Crippen LogP contribution is -2.23. The van der Waals surface area contributed by atoms with Crippen LogP contribution in [0.15, 0.2) is 53.3 Å². The van der Waals surface area contributed by atoms with Gasteiger partial charge in [0.25, 0.3) is 5.56 Å². The molecule has 3 rings (SSSR count). The lowest BCUT2D eigenvalue weighted by molar-refractivity contribution is 0.731. The smallest absolute Gasteiger partial charge is 0.267 e. The Morgan fingerprint density at radius 1 is 1.05 bits per heavy atom. The molecule has 0 radical (unpaired) electrons. The summed E-state index contributed by atoms with van der Waals surface area (Å²) in [6.07, 6.45) is 0.844. The van der Waals surface area contributed by atoms with Crippen LogP contribution in [0.3, 0.4) is 0 Å². The van der Waals surface area contributed by atoms with Crippen LogP contribution in [0, 0.1) is 0 Å². The molecule has 2 aromatic carbocycles. The number of aryl methyl sites for hydroxylation is 1. The van der Waals surface area contributed by atoms with E-state index in [0.29, 0.717) is 10.9 Å². The van der Waals surface area contributed by atoms with Gasteiger partial charge in [-0.1, -0.05) is 42.5 Å². The van der Waals surface area contributed by atoms with Gasteiger partial charge in [-0.05, 0) is 30.2 Å². The Bertz CT molecular complexity index is 792. The Hall–Kier alpha value is -2.49. The highest BCUT2D eigenvalue weighted by atomic mass is 16.1. The van der Waals surface area contributed by atoms with E-state index in [0.717, 1.165) is 17.7 Å². The lowest BCUT2D eigenvalue weighted by Gasteiger charge is -2.08. The molecule has 0 saturated heterocycles. The molecule has 0 aliphatic rings. The van der Waals surface area contributed by atoms with Gasteiger partial charge in [0.05, 0.1) is 11.1 Å². The number of rotatable bonds is 2. The summed E-state index contributed by atoms with van der Waals surface area (Å²) in [5.41, 5.74) is 2.37. The predicted octanol–water partition coefficient (Wildman–Crippen LogP) is 2.34. The maximum absolute atomic E-state index is 12.5. The first kappa shape index (κ1) is 11.6. The summed E-state index contributed by atoms with van der Waals surface area (Å²) in [6.45, 7) is 2.05. The summed E-state index contributed by atoms with van der Waals surface area (Å²) in [6, 6.07) is 15.0. The van der Waals surface area contributed by atoms with Crippen LogP contribution in [0.1, 0.15) is 12.5 Å². The molecule has 0 atom stereocenters. The molecule has 19 heavy (non-hydrogen) atoms. The van der Waals surface area contributed by atoms with E-state index in [1.54, 1.807) is 12.1 Å². The zero-order valence-electron chi connectivity index (χ0n) is 10.6.